The van der Waals surface area contributed by atoms with Gasteiger partial charge in [0, 0.05) is 11.8 Å². The van der Waals surface area contributed by atoms with E-state index in [0.717, 1.165) is 18.2 Å². The summed E-state index contributed by atoms with van der Waals surface area (Å²) in [6.45, 7) is 0. The Morgan fingerprint density at radius 1 is 1.11 bits per heavy atom. The molecule has 0 unspecified atom stereocenters. The number of hydrogen-bond acceptors (Lipinski definition) is 5. The summed E-state index contributed by atoms with van der Waals surface area (Å²) in [5, 5.41) is 2.56. The standard InChI is InChI=1S/C10H7F2N3O3S/c11-8-5-9(15-10(12)14-8)13-6-1-3-7(4-2-6)19(16,17)18/h1-5H,(H,13,14,15)(H,16,17,18). The summed E-state index contributed by atoms with van der Waals surface area (Å²) in [6.07, 6.45) is -1.22. The Morgan fingerprint density at radius 3 is 2.26 bits per heavy atom. The Bertz CT molecular complexity index is 684. The Labute approximate surface area is 106 Å². The molecule has 0 aliphatic heterocycles. The van der Waals surface area contributed by atoms with Gasteiger partial charge in [0.25, 0.3) is 10.1 Å². The first-order valence-electron chi connectivity index (χ1n) is 4.89. The molecule has 19 heavy (non-hydrogen) atoms. The monoisotopic (exact) mass is 287 g/mol. The topological polar surface area (TPSA) is 92.2 Å². The first-order valence-corrected chi connectivity index (χ1v) is 6.33. The minimum absolute atomic E-state index is 0.121. The summed E-state index contributed by atoms with van der Waals surface area (Å²) in [7, 11) is -4.28. The molecule has 0 saturated heterocycles. The van der Waals surface area contributed by atoms with Crippen molar-refractivity contribution < 1.29 is 21.8 Å². The maximum absolute atomic E-state index is 12.8. The van der Waals surface area contributed by atoms with Gasteiger partial charge in [0.15, 0.2) is 0 Å². The summed E-state index contributed by atoms with van der Waals surface area (Å²) in [5.41, 5.74) is 0.338. The van der Waals surface area contributed by atoms with Gasteiger partial charge in [-0.2, -0.15) is 27.2 Å². The van der Waals surface area contributed by atoms with Gasteiger partial charge in [-0.05, 0) is 24.3 Å². The highest BCUT2D eigenvalue weighted by Crippen LogP contribution is 2.17. The fourth-order valence-electron chi connectivity index (χ4n) is 1.31. The highest BCUT2D eigenvalue weighted by atomic mass is 32.2. The van der Waals surface area contributed by atoms with Crippen LogP contribution in [0.3, 0.4) is 0 Å². The molecule has 0 fully saturated rings. The van der Waals surface area contributed by atoms with Crippen LogP contribution in [0.2, 0.25) is 0 Å². The zero-order valence-electron chi connectivity index (χ0n) is 9.21. The zero-order valence-corrected chi connectivity index (χ0v) is 10.0. The van der Waals surface area contributed by atoms with Crippen molar-refractivity contribution in [2.24, 2.45) is 0 Å². The van der Waals surface area contributed by atoms with Crippen molar-refractivity contribution in [2.75, 3.05) is 5.32 Å². The second-order valence-corrected chi connectivity index (χ2v) is 4.89. The molecule has 2 N–H and O–H groups in total. The SMILES string of the molecule is O=S(=O)(O)c1ccc(Nc2cc(F)nc(F)n2)cc1. The molecule has 0 aliphatic carbocycles. The van der Waals surface area contributed by atoms with Crippen LogP contribution in [-0.4, -0.2) is 22.9 Å². The molecule has 1 aromatic carbocycles. The average Bonchev–Trinajstić information content (AvgIpc) is 2.26. The number of benzene rings is 1. The summed E-state index contributed by atoms with van der Waals surface area (Å²) in [6, 6.07) is 5.75. The van der Waals surface area contributed by atoms with Gasteiger partial charge in [-0.15, -0.1) is 0 Å². The summed E-state index contributed by atoms with van der Waals surface area (Å²) >= 11 is 0. The van der Waals surface area contributed by atoms with Gasteiger partial charge in [-0.3, -0.25) is 4.55 Å². The fourth-order valence-corrected chi connectivity index (χ4v) is 1.79. The van der Waals surface area contributed by atoms with Gasteiger partial charge in [0.1, 0.15) is 5.82 Å². The third kappa shape index (κ3) is 3.42. The van der Waals surface area contributed by atoms with E-state index in [4.69, 9.17) is 4.55 Å². The molecule has 0 amide bonds. The number of nitrogens with one attached hydrogen (secondary N) is 1. The van der Waals surface area contributed by atoms with E-state index in [1.165, 1.54) is 12.1 Å². The van der Waals surface area contributed by atoms with E-state index in [1.54, 1.807) is 0 Å². The number of rotatable bonds is 3. The van der Waals surface area contributed by atoms with E-state index in [9.17, 15) is 17.2 Å². The van der Waals surface area contributed by atoms with Gasteiger partial charge >= 0.3 is 6.08 Å². The molecule has 2 rings (SSSR count). The van der Waals surface area contributed by atoms with E-state index in [2.05, 4.69) is 15.3 Å². The average molecular weight is 287 g/mol. The van der Waals surface area contributed by atoms with Gasteiger partial charge in [0.05, 0.1) is 4.90 Å². The van der Waals surface area contributed by atoms with E-state index in [-0.39, 0.29) is 10.7 Å². The zero-order chi connectivity index (χ0) is 14.0. The van der Waals surface area contributed by atoms with Crippen LogP contribution in [0, 0.1) is 12.0 Å². The van der Waals surface area contributed by atoms with Crippen molar-refractivity contribution in [1.82, 2.24) is 9.97 Å². The molecule has 0 atom stereocenters. The van der Waals surface area contributed by atoms with E-state index in [0.29, 0.717) is 5.69 Å². The lowest BCUT2D eigenvalue weighted by Crippen LogP contribution is -2.01. The Hall–Kier alpha value is -2.13. The van der Waals surface area contributed by atoms with Crippen molar-refractivity contribution in [3.63, 3.8) is 0 Å². The molecule has 9 heteroatoms. The van der Waals surface area contributed by atoms with Crippen molar-refractivity contribution in [2.45, 2.75) is 4.90 Å². The van der Waals surface area contributed by atoms with Crippen molar-refractivity contribution in [3.05, 3.63) is 42.4 Å². The van der Waals surface area contributed by atoms with E-state index in [1.807, 2.05) is 0 Å². The Morgan fingerprint density at radius 2 is 1.74 bits per heavy atom. The predicted molar refractivity (Wildman–Crippen MR) is 61.5 cm³/mol. The van der Waals surface area contributed by atoms with E-state index < -0.39 is 22.1 Å². The fraction of sp³-hybridized carbons (Fsp3) is 0. The molecule has 0 bridgehead atoms. The van der Waals surface area contributed by atoms with Gasteiger partial charge in [-0.1, -0.05) is 0 Å². The van der Waals surface area contributed by atoms with E-state index >= 15 is 0 Å². The highest BCUT2D eigenvalue weighted by molar-refractivity contribution is 7.85. The summed E-state index contributed by atoms with van der Waals surface area (Å²) in [5.74, 6) is -1.16. The molecule has 0 spiro atoms. The third-order valence-corrected chi connectivity index (χ3v) is 2.96. The lowest BCUT2D eigenvalue weighted by Gasteiger charge is -2.05. The smallest absolute Gasteiger partial charge is 0.313 e. The van der Waals surface area contributed by atoms with Crippen LogP contribution in [0.4, 0.5) is 20.3 Å². The van der Waals surface area contributed by atoms with Crippen LogP contribution in [0.15, 0.2) is 35.2 Å². The normalized spacial score (nSPS) is 11.3. The summed E-state index contributed by atoms with van der Waals surface area (Å²) in [4.78, 5) is 5.84. The quantitative estimate of drug-likeness (QED) is 0.507. The molecular formula is C10H7F2N3O3S. The molecular weight excluding hydrogens is 280 g/mol. The van der Waals surface area contributed by atoms with Gasteiger partial charge in [0.2, 0.25) is 5.95 Å². The van der Waals surface area contributed by atoms with Gasteiger partial charge in [-0.25, -0.2) is 0 Å². The maximum Gasteiger partial charge on any atom is 0.313 e. The first-order chi connectivity index (χ1) is 8.84. The first kappa shape index (κ1) is 13.3. The number of halogens is 2. The molecule has 2 aromatic rings. The molecule has 0 radical (unpaired) electrons. The molecule has 1 heterocycles. The van der Waals surface area contributed by atoms with Crippen molar-refractivity contribution >= 4 is 21.6 Å². The van der Waals surface area contributed by atoms with Gasteiger partial charge < -0.3 is 5.32 Å². The lowest BCUT2D eigenvalue weighted by molar-refractivity contribution is 0.482. The minimum atomic E-state index is -4.28. The third-order valence-electron chi connectivity index (χ3n) is 2.09. The minimum Gasteiger partial charge on any atom is -0.340 e. The van der Waals surface area contributed by atoms with Crippen LogP contribution in [0.25, 0.3) is 0 Å². The van der Waals surface area contributed by atoms with Crippen LogP contribution >= 0.6 is 0 Å². The highest BCUT2D eigenvalue weighted by Gasteiger charge is 2.09. The molecule has 6 nitrogen and oxygen atoms in total. The van der Waals surface area contributed by atoms with Crippen LogP contribution in [-0.2, 0) is 10.1 Å². The van der Waals surface area contributed by atoms with Crippen LogP contribution in [0.5, 0.6) is 0 Å². The molecule has 0 saturated carbocycles. The molecule has 1 aromatic heterocycles. The van der Waals surface area contributed by atoms with Crippen molar-refractivity contribution in [3.8, 4) is 0 Å². The Balaban J connectivity index is 2.24. The Kier molecular flexibility index (Phi) is 3.40. The van der Waals surface area contributed by atoms with Crippen LogP contribution in [0.1, 0.15) is 0 Å². The summed E-state index contributed by atoms with van der Waals surface area (Å²) < 4.78 is 55.9. The lowest BCUT2D eigenvalue weighted by atomic mass is 10.3. The largest absolute Gasteiger partial charge is 0.340 e. The number of aromatic nitrogens is 2. The second kappa shape index (κ2) is 4.86. The molecule has 100 valence electrons. The number of anilines is 2. The van der Waals surface area contributed by atoms with Crippen LogP contribution < -0.4 is 5.32 Å². The number of hydrogen-bond donors (Lipinski definition) is 2. The number of nitrogens with zero attached hydrogens (tertiary/aromatic N) is 2. The van der Waals surface area contributed by atoms with Crippen molar-refractivity contribution in [1.29, 1.82) is 0 Å². The maximum atomic E-state index is 12.8. The second-order valence-electron chi connectivity index (χ2n) is 3.47. The predicted octanol–water partition coefficient (Wildman–Crippen LogP) is 1.75. The molecule has 0 aliphatic rings.